The van der Waals surface area contributed by atoms with Crippen molar-refractivity contribution >= 4 is 29.1 Å². The van der Waals surface area contributed by atoms with Crippen LogP contribution in [0.2, 0.25) is 5.02 Å². The first-order valence-electron chi connectivity index (χ1n) is 4.89. The Labute approximate surface area is 105 Å². The van der Waals surface area contributed by atoms with Crippen LogP contribution >= 0.6 is 23.4 Å². The molecule has 0 fully saturated rings. The largest absolute Gasteiger partial charge is 0.391 e. The Balaban J connectivity index is 2.56. The number of hydrogen-bond donors (Lipinski definition) is 1. The lowest BCUT2D eigenvalue weighted by atomic mass is 10.3. The third-order valence-electron chi connectivity index (χ3n) is 1.91. The van der Waals surface area contributed by atoms with Crippen LogP contribution in [0.25, 0.3) is 0 Å². The summed E-state index contributed by atoms with van der Waals surface area (Å²) in [6.45, 7) is 1.55. The van der Waals surface area contributed by atoms with E-state index in [0.717, 1.165) is 21.4 Å². The van der Waals surface area contributed by atoms with Crippen molar-refractivity contribution in [2.45, 2.75) is 11.8 Å². The van der Waals surface area contributed by atoms with E-state index in [0.29, 0.717) is 0 Å². The molecule has 0 aromatic heterocycles. The minimum atomic E-state index is 0.0565. The monoisotopic (exact) mass is 255 g/mol. The summed E-state index contributed by atoms with van der Waals surface area (Å²) in [6, 6.07) is 7.65. The zero-order valence-corrected chi connectivity index (χ0v) is 10.9. The van der Waals surface area contributed by atoms with Crippen LogP contribution in [0.15, 0.2) is 40.9 Å². The zero-order valence-electron chi connectivity index (χ0n) is 9.29. The summed E-state index contributed by atoms with van der Waals surface area (Å²) in [6.07, 6.45) is 1.61. The number of nitrogens with one attached hydrogen (secondary N) is 1. The molecule has 0 saturated heterocycles. The number of ketones is 1. The van der Waals surface area contributed by atoms with Crippen molar-refractivity contribution in [3.63, 3.8) is 0 Å². The van der Waals surface area contributed by atoms with Crippen molar-refractivity contribution in [1.29, 1.82) is 0 Å². The Kier molecular flexibility index (Phi) is 5.43. The van der Waals surface area contributed by atoms with Gasteiger partial charge >= 0.3 is 0 Å². The Morgan fingerprint density at radius 1 is 1.44 bits per heavy atom. The van der Waals surface area contributed by atoms with Crippen molar-refractivity contribution in [3.05, 3.63) is 41.1 Å². The van der Waals surface area contributed by atoms with Crippen LogP contribution in [0.3, 0.4) is 0 Å². The lowest BCUT2D eigenvalue weighted by Gasteiger charge is -2.06. The molecule has 16 heavy (non-hydrogen) atoms. The molecule has 0 aliphatic carbocycles. The Morgan fingerprint density at radius 2 is 2.06 bits per heavy atom. The summed E-state index contributed by atoms with van der Waals surface area (Å²) in [5, 5.41) is 3.74. The van der Waals surface area contributed by atoms with Crippen molar-refractivity contribution in [2.75, 3.05) is 12.8 Å². The SMILES string of the molecule is CN/C(=C\C(C)=O)CSc1ccc(Cl)cc1. The molecule has 0 aliphatic rings. The van der Waals surface area contributed by atoms with E-state index in [-0.39, 0.29) is 5.78 Å². The fourth-order valence-corrected chi connectivity index (χ4v) is 2.13. The van der Waals surface area contributed by atoms with Crippen LogP contribution < -0.4 is 5.32 Å². The fraction of sp³-hybridized carbons (Fsp3) is 0.250. The number of benzene rings is 1. The van der Waals surface area contributed by atoms with Crippen LogP contribution in [-0.2, 0) is 4.79 Å². The number of rotatable bonds is 5. The average Bonchev–Trinajstić information content (AvgIpc) is 2.26. The second kappa shape index (κ2) is 6.61. The van der Waals surface area contributed by atoms with E-state index in [2.05, 4.69) is 5.32 Å². The van der Waals surface area contributed by atoms with Gasteiger partial charge in [0.25, 0.3) is 0 Å². The summed E-state index contributed by atoms with van der Waals surface area (Å²) in [7, 11) is 1.82. The van der Waals surface area contributed by atoms with Gasteiger partial charge in [0, 0.05) is 34.5 Å². The van der Waals surface area contributed by atoms with Crippen molar-refractivity contribution in [3.8, 4) is 0 Å². The predicted molar refractivity (Wildman–Crippen MR) is 70.0 cm³/mol. The van der Waals surface area contributed by atoms with Gasteiger partial charge in [0.15, 0.2) is 5.78 Å². The molecule has 0 amide bonds. The van der Waals surface area contributed by atoms with Gasteiger partial charge in [0.2, 0.25) is 0 Å². The van der Waals surface area contributed by atoms with E-state index < -0.39 is 0 Å². The summed E-state index contributed by atoms with van der Waals surface area (Å²) in [5.74, 6) is 0.804. The van der Waals surface area contributed by atoms with Crippen molar-refractivity contribution < 1.29 is 4.79 Å². The third-order valence-corrected chi connectivity index (χ3v) is 3.22. The lowest BCUT2D eigenvalue weighted by molar-refractivity contribution is -0.112. The molecule has 0 spiro atoms. The minimum Gasteiger partial charge on any atom is -0.391 e. The average molecular weight is 256 g/mol. The number of allylic oxidation sites excluding steroid dienone is 1. The lowest BCUT2D eigenvalue weighted by Crippen LogP contribution is -2.09. The number of halogens is 1. The topological polar surface area (TPSA) is 29.1 Å². The highest BCUT2D eigenvalue weighted by Crippen LogP contribution is 2.21. The maximum atomic E-state index is 10.9. The molecule has 1 aromatic carbocycles. The quantitative estimate of drug-likeness (QED) is 0.648. The van der Waals surface area contributed by atoms with E-state index in [1.807, 2.05) is 31.3 Å². The standard InChI is InChI=1S/C12H14ClNOS/c1-9(15)7-11(14-2)8-16-12-5-3-10(13)4-6-12/h3-7,14H,8H2,1-2H3/b11-7-. The molecule has 4 heteroatoms. The maximum Gasteiger partial charge on any atom is 0.154 e. The molecule has 0 aliphatic heterocycles. The Bertz CT molecular complexity index is 387. The molecule has 0 bridgehead atoms. The molecule has 1 N–H and O–H groups in total. The molecule has 86 valence electrons. The molecule has 0 saturated carbocycles. The van der Waals surface area contributed by atoms with Crippen molar-refractivity contribution in [1.82, 2.24) is 5.32 Å². The minimum absolute atomic E-state index is 0.0565. The van der Waals surface area contributed by atoms with E-state index in [1.165, 1.54) is 0 Å². The van der Waals surface area contributed by atoms with Crippen LogP contribution in [0.4, 0.5) is 0 Å². The molecule has 0 heterocycles. The zero-order chi connectivity index (χ0) is 12.0. The summed E-state index contributed by atoms with van der Waals surface area (Å²) in [4.78, 5) is 12.1. The highest BCUT2D eigenvalue weighted by molar-refractivity contribution is 7.99. The van der Waals surface area contributed by atoms with Gasteiger partial charge in [0.1, 0.15) is 0 Å². The van der Waals surface area contributed by atoms with Gasteiger partial charge in [-0.05, 0) is 31.2 Å². The summed E-state index contributed by atoms with van der Waals surface area (Å²) in [5.41, 5.74) is 0.924. The number of hydrogen-bond acceptors (Lipinski definition) is 3. The second-order valence-corrected chi connectivity index (χ2v) is 4.76. The molecule has 0 radical (unpaired) electrons. The number of carbonyl (C=O) groups excluding carboxylic acids is 1. The molecule has 1 rings (SSSR count). The van der Waals surface area contributed by atoms with E-state index in [1.54, 1.807) is 24.8 Å². The van der Waals surface area contributed by atoms with Gasteiger partial charge in [-0.3, -0.25) is 4.79 Å². The van der Waals surface area contributed by atoms with E-state index >= 15 is 0 Å². The first-order chi connectivity index (χ1) is 7.61. The maximum absolute atomic E-state index is 10.9. The smallest absolute Gasteiger partial charge is 0.154 e. The highest BCUT2D eigenvalue weighted by Gasteiger charge is 1.99. The number of thioether (sulfide) groups is 1. The third kappa shape index (κ3) is 4.73. The van der Waals surface area contributed by atoms with Crippen LogP contribution in [-0.4, -0.2) is 18.6 Å². The Hall–Kier alpha value is -0.930. The molecule has 0 unspecified atom stereocenters. The highest BCUT2D eigenvalue weighted by atomic mass is 35.5. The van der Waals surface area contributed by atoms with Gasteiger partial charge in [0.05, 0.1) is 0 Å². The van der Waals surface area contributed by atoms with E-state index in [9.17, 15) is 4.79 Å². The second-order valence-electron chi connectivity index (χ2n) is 3.27. The molecule has 2 nitrogen and oxygen atoms in total. The van der Waals surface area contributed by atoms with Crippen LogP contribution in [0, 0.1) is 0 Å². The molecular formula is C12H14ClNOS. The van der Waals surface area contributed by atoms with Crippen molar-refractivity contribution in [2.24, 2.45) is 0 Å². The summed E-state index contributed by atoms with van der Waals surface area (Å²) >= 11 is 7.46. The van der Waals surface area contributed by atoms with Gasteiger partial charge < -0.3 is 5.32 Å². The summed E-state index contributed by atoms with van der Waals surface area (Å²) < 4.78 is 0. The van der Waals surface area contributed by atoms with Crippen LogP contribution in [0.1, 0.15) is 6.92 Å². The fourth-order valence-electron chi connectivity index (χ4n) is 1.12. The van der Waals surface area contributed by atoms with Gasteiger partial charge in [-0.25, -0.2) is 0 Å². The normalized spacial score (nSPS) is 11.3. The predicted octanol–water partition coefficient (Wildman–Crippen LogP) is 3.12. The molecule has 0 atom stereocenters. The van der Waals surface area contributed by atoms with Gasteiger partial charge in [-0.15, -0.1) is 11.8 Å². The number of carbonyl (C=O) groups is 1. The van der Waals surface area contributed by atoms with E-state index in [4.69, 9.17) is 11.6 Å². The first-order valence-corrected chi connectivity index (χ1v) is 6.25. The molecular weight excluding hydrogens is 242 g/mol. The first kappa shape index (κ1) is 13.1. The molecule has 1 aromatic rings. The van der Waals surface area contributed by atoms with Gasteiger partial charge in [-0.2, -0.15) is 0 Å². The van der Waals surface area contributed by atoms with Gasteiger partial charge in [-0.1, -0.05) is 11.6 Å². The Morgan fingerprint density at radius 3 is 2.56 bits per heavy atom. The van der Waals surface area contributed by atoms with Crippen LogP contribution in [0.5, 0.6) is 0 Å².